The summed E-state index contributed by atoms with van der Waals surface area (Å²) in [4.78, 5) is 53.1. The third kappa shape index (κ3) is 3.75. The van der Waals surface area contributed by atoms with Gasteiger partial charge in [0.25, 0.3) is 5.91 Å². The number of carbonyl (C=O) groups is 4. The van der Waals surface area contributed by atoms with Crippen LogP contribution in [-0.4, -0.2) is 41.2 Å². The number of halogens is 1. The number of ether oxygens (including phenoxy) is 1. The predicted octanol–water partition coefficient (Wildman–Crippen LogP) is 2.92. The molecule has 2 saturated carbocycles. The summed E-state index contributed by atoms with van der Waals surface area (Å²) in [5.74, 6) is -1.95. The van der Waals surface area contributed by atoms with Gasteiger partial charge in [0.15, 0.2) is 6.61 Å². The van der Waals surface area contributed by atoms with Gasteiger partial charge in [-0.2, -0.15) is 0 Å². The second-order valence-electron chi connectivity index (χ2n) is 9.52. The van der Waals surface area contributed by atoms with Crippen LogP contribution in [0.4, 0.5) is 10.1 Å². The van der Waals surface area contributed by atoms with Crippen LogP contribution in [0, 0.1) is 41.3 Å². The molecule has 7 atom stereocenters. The largest absolute Gasteiger partial charge is 0.454 e. The normalized spacial score (nSPS) is 31.8. The van der Waals surface area contributed by atoms with E-state index in [9.17, 15) is 23.6 Å². The Kier molecular flexibility index (Phi) is 5.54. The number of hydrogen-bond donors (Lipinski definition) is 1. The fraction of sp³-hybridized carbons (Fsp3) is 0.520. The number of nitrogens with one attached hydrogen (secondary N) is 1. The third-order valence-corrected chi connectivity index (χ3v) is 7.59. The summed E-state index contributed by atoms with van der Waals surface area (Å²) in [6.45, 7) is 1.41. The van der Waals surface area contributed by atoms with Crippen LogP contribution in [0.15, 0.2) is 36.4 Å². The highest BCUT2D eigenvalue weighted by Gasteiger charge is 2.67. The molecule has 0 spiro atoms. The Hall–Kier alpha value is -3.03. The van der Waals surface area contributed by atoms with Crippen molar-refractivity contribution in [3.05, 3.63) is 42.2 Å². The number of carbonyl (C=O) groups excluding carboxylic acids is 4. The Labute approximate surface area is 191 Å². The predicted molar refractivity (Wildman–Crippen MR) is 116 cm³/mol. The lowest BCUT2D eigenvalue weighted by atomic mass is 9.63. The van der Waals surface area contributed by atoms with Gasteiger partial charge in [0.2, 0.25) is 11.8 Å². The lowest BCUT2D eigenvalue weighted by molar-refractivity contribution is -0.160. The van der Waals surface area contributed by atoms with Crippen LogP contribution < -0.4 is 5.32 Å². The summed E-state index contributed by atoms with van der Waals surface area (Å²) in [5, 5.41) is 2.53. The summed E-state index contributed by atoms with van der Waals surface area (Å²) >= 11 is 0. The van der Waals surface area contributed by atoms with E-state index >= 15 is 0 Å². The van der Waals surface area contributed by atoms with E-state index in [1.165, 1.54) is 24.3 Å². The number of imide groups is 1. The van der Waals surface area contributed by atoms with Gasteiger partial charge in [-0.1, -0.05) is 31.9 Å². The van der Waals surface area contributed by atoms with Crippen LogP contribution >= 0.6 is 0 Å². The van der Waals surface area contributed by atoms with E-state index < -0.39 is 30.3 Å². The molecule has 0 radical (unpaired) electrons. The summed E-state index contributed by atoms with van der Waals surface area (Å²) in [5.41, 5.74) is 0.371. The monoisotopic (exact) mass is 454 g/mol. The molecule has 1 N–H and O–H groups in total. The van der Waals surface area contributed by atoms with E-state index in [1.807, 2.05) is 6.92 Å². The quantitative estimate of drug-likeness (QED) is 0.370. The molecule has 6 rings (SSSR count). The summed E-state index contributed by atoms with van der Waals surface area (Å²) in [7, 11) is 0. The number of likely N-dealkylation sites (tertiary alicyclic amines) is 1. The van der Waals surface area contributed by atoms with Crippen LogP contribution in [0.5, 0.6) is 0 Å². The van der Waals surface area contributed by atoms with E-state index in [4.69, 9.17) is 4.74 Å². The van der Waals surface area contributed by atoms with Gasteiger partial charge in [-0.15, -0.1) is 0 Å². The fourth-order valence-electron chi connectivity index (χ4n) is 6.00. The Bertz CT molecular complexity index is 986. The molecule has 1 aromatic carbocycles. The summed E-state index contributed by atoms with van der Waals surface area (Å²) < 4.78 is 18.3. The van der Waals surface area contributed by atoms with Gasteiger partial charge in [0, 0.05) is 5.69 Å². The maximum Gasteiger partial charge on any atom is 0.329 e. The standard InChI is InChI=1S/C25H27FN2O5/c1-2-3-4-19(25(32)33-12-20(29)27-14-7-5-13(26)6-8-14)28-23(30)21-15-9-10-16(18-11-17(15)18)22(21)24(28)31/h5-10,15-19,21-22H,2-4,11-12H2,1H3,(H,27,29)/t15-,16-,17-,18+,19-,21+,22-/m1/s1. The second-order valence-corrected chi connectivity index (χ2v) is 9.52. The van der Waals surface area contributed by atoms with Gasteiger partial charge in [-0.25, -0.2) is 9.18 Å². The van der Waals surface area contributed by atoms with Crippen molar-refractivity contribution in [3.8, 4) is 0 Å². The Morgan fingerprint density at radius 1 is 1.09 bits per heavy atom. The molecule has 1 heterocycles. The molecular formula is C25H27FN2O5. The number of anilines is 1. The van der Waals surface area contributed by atoms with Gasteiger partial charge in [0.1, 0.15) is 11.9 Å². The first-order valence-corrected chi connectivity index (χ1v) is 11.7. The van der Waals surface area contributed by atoms with E-state index in [1.54, 1.807) is 0 Å². The van der Waals surface area contributed by atoms with E-state index in [0.29, 0.717) is 30.4 Å². The van der Waals surface area contributed by atoms with Gasteiger partial charge in [-0.05, 0) is 60.8 Å². The molecule has 7 nitrogen and oxygen atoms in total. The van der Waals surface area contributed by atoms with Gasteiger partial charge in [-0.3, -0.25) is 19.3 Å². The van der Waals surface area contributed by atoms with Crippen molar-refractivity contribution in [1.29, 1.82) is 0 Å². The molecule has 1 aromatic rings. The van der Waals surface area contributed by atoms with Crippen molar-refractivity contribution in [3.63, 3.8) is 0 Å². The zero-order valence-corrected chi connectivity index (χ0v) is 18.4. The fourth-order valence-corrected chi connectivity index (χ4v) is 6.00. The van der Waals surface area contributed by atoms with Crippen molar-refractivity contribution in [2.75, 3.05) is 11.9 Å². The molecule has 4 aliphatic carbocycles. The van der Waals surface area contributed by atoms with Crippen LogP contribution in [0.25, 0.3) is 0 Å². The smallest absolute Gasteiger partial charge is 0.329 e. The second kappa shape index (κ2) is 8.39. The van der Waals surface area contributed by atoms with Crippen LogP contribution in [-0.2, 0) is 23.9 Å². The highest BCUT2D eigenvalue weighted by atomic mass is 19.1. The van der Waals surface area contributed by atoms with E-state index in [2.05, 4.69) is 17.5 Å². The average Bonchev–Trinajstić information content (AvgIpc) is 3.59. The van der Waals surface area contributed by atoms with Gasteiger partial charge in [0.05, 0.1) is 11.8 Å². The number of rotatable bonds is 8. The van der Waals surface area contributed by atoms with Crippen molar-refractivity contribution in [1.82, 2.24) is 4.90 Å². The van der Waals surface area contributed by atoms with Crippen molar-refractivity contribution in [2.45, 2.75) is 38.6 Å². The van der Waals surface area contributed by atoms with Crippen LogP contribution in [0.2, 0.25) is 0 Å². The van der Waals surface area contributed by atoms with Crippen molar-refractivity contribution >= 4 is 29.4 Å². The summed E-state index contributed by atoms with van der Waals surface area (Å²) in [6.07, 6.45) is 6.99. The van der Waals surface area contributed by atoms with Crippen molar-refractivity contribution in [2.24, 2.45) is 35.5 Å². The van der Waals surface area contributed by atoms with Crippen molar-refractivity contribution < 1.29 is 28.3 Å². The highest BCUT2D eigenvalue weighted by Crippen LogP contribution is 2.65. The number of esters is 1. The number of unbranched alkanes of at least 4 members (excludes halogenated alkanes) is 1. The molecule has 174 valence electrons. The molecule has 0 unspecified atom stereocenters. The van der Waals surface area contributed by atoms with Gasteiger partial charge < -0.3 is 10.1 Å². The molecular weight excluding hydrogens is 427 g/mol. The number of nitrogens with zero attached hydrogens (tertiary/aromatic N) is 1. The first-order valence-electron chi connectivity index (χ1n) is 11.7. The molecule has 3 amide bonds. The number of allylic oxidation sites excluding steroid dienone is 2. The molecule has 1 saturated heterocycles. The SMILES string of the molecule is CCCC[C@H](C(=O)OCC(=O)Nc1ccc(F)cc1)N1C(=O)[C@@H]2[C@@H]3C=C[C@H]([C@H]4C[C@@H]34)[C@@H]2C1=O. The third-order valence-electron chi connectivity index (χ3n) is 7.59. The number of amides is 3. The minimum atomic E-state index is -1.02. The maximum absolute atomic E-state index is 13.4. The molecule has 8 heteroatoms. The van der Waals surface area contributed by atoms with E-state index in [0.717, 1.165) is 17.7 Å². The Morgan fingerprint density at radius 2 is 1.70 bits per heavy atom. The van der Waals surface area contributed by atoms with Crippen LogP contribution in [0.3, 0.4) is 0 Å². The zero-order valence-electron chi connectivity index (χ0n) is 18.4. The molecule has 3 fully saturated rings. The first kappa shape index (κ1) is 21.8. The average molecular weight is 454 g/mol. The molecule has 33 heavy (non-hydrogen) atoms. The summed E-state index contributed by atoms with van der Waals surface area (Å²) in [6, 6.07) is 4.19. The maximum atomic E-state index is 13.4. The number of hydrogen-bond acceptors (Lipinski definition) is 5. The molecule has 1 aliphatic heterocycles. The molecule has 5 aliphatic rings. The molecule has 2 bridgehead atoms. The van der Waals surface area contributed by atoms with Crippen LogP contribution in [0.1, 0.15) is 32.6 Å². The van der Waals surface area contributed by atoms with Gasteiger partial charge >= 0.3 is 5.97 Å². The van der Waals surface area contributed by atoms with E-state index in [-0.39, 0.29) is 35.5 Å². The zero-order chi connectivity index (χ0) is 23.3. The minimum Gasteiger partial charge on any atom is -0.454 e. The first-order chi connectivity index (χ1) is 15.9. The lowest BCUT2D eigenvalue weighted by Crippen LogP contribution is -2.47. The highest BCUT2D eigenvalue weighted by molar-refractivity contribution is 6.09. The lowest BCUT2D eigenvalue weighted by Gasteiger charge is -2.37. The Balaban J connectivity index is 1.27. The molecule has 0 aromatic heterocycles. The Morgan fingerprint density at radius 3 is 2.27 bits per heavy atom. The number of benzene rings is 1. The minimum absolute atomic E-state index is 0.0794. The topological polar surface area (TPSA) is 92.8 Å².